The maximum atomic E-state index is 3.68. The molecule has 2 aliphatic rings. The third-order valence-electron chi connectivity index (χ3n) is 4.83. The molecule has 2 atom stereocenters. The van der Waals surface area contributed by atoms with Gasteiger partial charge in [-0.15, -0.1) is 0 Å². The highest BCUT2D eigenvalue weighted by molar-refractivity contribution is 4.80. The number of rotatable bonds is 5. The van der Waals surface area contributed by atoms with Crippen LogP contribution >= 0.6 is 0 Å². The van der Waals surface area contributed by atoms with Gasteiger partial charge in [0.1, 0.15) is 0 Å². The molecule has 2 nitrogen and oxygen atoms in total. The molecule has 2 fully saturated rings. The molecule has 0 spiro atoms. The first-order valence-corrected chi connectivity index (χ1v) is 8.23. The van der Waals surface area contributed by atoms with Crippen LogP contribution in [0.5, 0.6) is 0 Å². The zero-order valence-corrected chi connectivity index (χ0v) is 12.5. The van der Waals surface area contributed by atoms with Gasteiger partial charge in [-0.1, -0.05) is 26.7 Å². The second kappa shape index (κ2) is 7.49. The molecule has 1 aliphatic carbocycles. The molecule has 1 N–H and O–H groups in total. The van der Waals surface area contributed by atoms with Crippen LogP contribution in [0.3, 0.4) is 0 Å². The SMILES string of the molecule is CCCNC1CCN(CC2CCCC(C)C2)CC1. The summed E-state index contributed by atoms with van der Waals surface area (Å²) < 4.78 is 0. The third kappa shape index (κ3) is 4.55. The zero-order valence-electron chi connectivity index (χ0n) is 12.5. The molecular formula is C16H32N2. The van der Waals surface area contributed by atoms with E-state index in [1.807, 2.05) is 0 Å². The number of likely N-dealkylation sites (tertiary alicyclic amines) is 1. The summed E-state index contributed by atoms with van der Waals surface area (Å²) in [6.45, 7) is 9.92. The maximum absolute atomic E-state index is 3.68. The van der Waals surface area contributed by atoms with Gasteiger partial charge in [0, 0.05) is 12.6 Å². The van der Waals surface area contributed by atoms with Crippen molar-refractivity contribution >= 4 is 0 Å². The van der Waals surface area contributed by atoms with Gasteiger partial charge in [-0.25, -0.2) is 0 Å². The molecule has 0 aromatic heterocycles. The van der Waals surface area contributed by atoms with E-state index in [1.165, 1.54) is 71.1 Å². The number of piperidine rings is 1. The molecular weight excluding hydrogens is 220 g/mol. The summed E-state index contributed by atoms with van der Waals surface area (Å²) in [5, 5.41) is 3.68. The van der Waals surface area contributed by atoms with E-state index in [2.05, 4.69) is 24.1 Å². The van der Waals surface area contributed by atoms with Gasteiger partial charge < -0.3 is 10.2 Å². The summed E-state index contributed by atoms with van der Waals surface area (Å²) in [4.78, 5) is 2.73. The van der Waals surface area contributed by atoms with Crippen molar-refractivity contribution in [3.63, 3.8) is 0 Å². The van der Waals surface area contributed by atoms with Gasteiger partial charge in [0.15, 0.2) is 0 Å². The minimum atomic E-state index is 0.798. The van der Waals surface area contributed by atoms with Crippen LogP contribution in [0.1, 0.15) is 58.8 Å². The summed E-state index contributed by atoms with van der Waals surface area (Å²) in [6.07, 6.45) is 9.90. The first kappa shape index (κ1) is 14.3. The van der Waals surface area contributed by atoms with Crippen molar-refractivity contribution in [2.24, 2.45) is 11.8 Å². The molecule has 0 bridgehead atoms. The number of nitrogens with zero attached hydrogens (tertiary/aromatic N) is 1. The topological polar surface area (TPSA) is 15.3 Å². The Labute approximate surface area is 114 Å². The van der Waals surface area contributed by atoms with E-state index >= 15 is 0 Å². The van der Waals surface area contributed by atoms with Gasteiger partial charge in [0.05, 0.1) is 0 Å². The minimum Gasteiger partial charge on any atom is -0.314 e. The summed E-state index contributed by atoms with van der Waals surface area (Å²) in [5.74, 6) is 1.97. The van der Waals surface area contributed by atoms with Gasteiger partial charge in [-0.05, 0) is 63.6 Å². The highest BCUT2D eigenvalue weighted by Crippen LogP contribution is 2.29. The smallest absolute Gasteiger partial charge is 0.00914 e. The number of nitrogens with one attached hydrogen (secondary N) is 1. The molecule has 1 heterocycles. The number of hydrogen-bond donors (Lipinski definition) is 1. The maximum Gasteiger partial charge on any atom is 0.00914 e. The van der Waals surface area contributed by atoms with E-state index in [4.69, 9.17) is 0 Å². The monoisotopic (exact) mass is 252 g/mol. The van der Waals surface area contributed by atoms with Crippen molar-refractivity contribution in [3.05, 3.63) is 0 Å². The molecule has 2 rings (SSSR count). The lowest BCUT2D eigenvalue weighted by Gasteiger charge is -2.36. The molecule has 2 heteroatoms. The van der Waals surface area contributed by atoms with Crippen LogP contribution in [-0.4, -0.2) is 37.1 Å². The van der Waals surface area contributed by atoms with Crippen LogP contribution in [0.4, 0.5) is 0 Å². The van der Waals surface area contributed by atoms with E-state index in [1.54, 1.807) is 0 Å². The third-order valence-corrected chi connectivity index (χ3v) is 4.83. The summed E-state index contributed by atoms with van der Waals surface area (Å²) >= 11 is 0. The molecule has 18 heavy (non-hydrogen) atoms. The molecule has 1 aliphatic heterocycles. The minimum absolute atomic E-state index is 0.798. The molecule has 106 valence electrons. The van der Waals surface area contributed by atoms with Crippen molar-refractivity contribution < 1.29 is 0 Å². The lowest BCUT2D eigenvalue weighted by atomic mass is 9.82. The highest BCUT2D eigenvalue weighted by Gasteiger charge is 2.24. The summed E-state index contributed by atoms with van der Waals surface area (Å²) in [7, 11) is 0. The Hall–Kier alpha value is -0.0800. The van der Waals surface area contributed by atoms with Crippen molar-refractivity contribution in [2.45, 2.75) is 64.8 Å². The van der Waals surface area contributed by atoms with Crippen LogP contribution in [-0.2, 0) is 0 Å². The lowest BCUT2D eigenvalue weighted by Crippen LogP contribution is -2.44. The van der Waals surface area contributed by atoms with Crippen LogP contribution in [0.25, 0.3) is 0 Å². The fourth-order valence-corrected chi connectivity index (χ4v) is 3.76. The van der Waals surface area contributed by atoms with Crippen LogP contribution in [0.2, 0.25) is 0 Å². The quantitative estimate of drug-likeness (QED) is 0.808. The Kier molecular flexibility index (Phi) is 5.97. The van der Waals surface area contributed by atoms with Crippen LogP contribution in [0.15, 0.2) is 0 Å². The molecule has 0 aromatic rings. The summed E-state index contributed by atoms with van der Waals surface area (Å²) in [5.41, 5.74) is 0. The second-order valence-electron chi connectivity index (χ2n) is 6.67. The first-order valence-electron chi connectivity index (χ1n) is 8.23. The van der Waals surface area contributed by atoms with Gasteiger partial charge in [-0.3, -0.25) is 0 Å². The first-order chi connectivity index (χ1) is 8.78. The summed E-state index contributed by atoms with van der Waals surface area (Å²) in [6, 6.07) is 0.798. The fraction of sp³-hybridized carbons (Fsp3) is 1.00. The van der Waals surface area contributed by atoms with E-state index < -0.39 is 0 Å². The molecule has 1 saturated carbocycles. The van der Waals surface area contributed by atoms with Gasteiger partial charge in [-0.2, -0.15) is 0 Å². The van der Waals surface area contributed by atoms with Gasteiger partial charge in [0.25, 0.3) is 0 Å². The molecule has 2 unspecified atom stereocenters. The predicted octanol–water partition coefficient (Wildman–Crippen LogP) is 3.28. The van der Waals surface area contributed by atoms with Crippen LogP contribution in [0, 0.1) is 11.8 Å². The Bertz CT molecular complexity index is 221. The molecule has 0 radical (unpaired) electrons. The van der Waals surface area contributed by atoms with E-state index in [0.29, 0.717) is 0 Å². The van der Waals surface area contributed by atoms with E-state index in [-0.39, 0.29) is 0 Å². The van der Waals surface area contributed by atoms with Gasteiger partial charge >= 0.3 is 0 Å². The second-order valence-corrected chi connectivity index (χ2v) is 6.67. The van der Waals surface area contributed by atoms with Crippen molar-refractivity contribution in [1.29, 1.82) is 0 Å². The normalized spacial score (nSPS) is 31.7. The van der Waals surface area contributed by atoms with E-state index in [9.17, 15) is 0 Å². The Morgan fingerprint density at radius 3 is 2.56 bits per heavy atom. The van der Waals surface area contributed by atoms with E-state index in [0.717, 1.165) is 17.9 Å². The number of hydrogen-bond acceptors (Lipinski definition) is 2. The standard InChI is InChI=1S/C16H32N2/c1-3-9-17-16-7-10-18(11-8-16)13-15-6-4-5-14(2)12-15/h14-17H,3-13H2,1-2H3. The molecule has 0 amide bonds. The Morgan fingerprint density at radius 2 is 1.89 bits per heavy atom. The average Bonchev–Trinajstić information content (AvgIpc) is 2.38. The lowest BCUT2D eigenvalue weighted by molar-refractivity contribution is 0.144. The zero-order chi connectivity index (χ0) is 12.8. The van der Waals surface area contributed by atoms with Crippen molar-refractivity contribution in [2.75, 3.05) is 26.2 Å². The average molecular weight is 252 g/mol. The van der Waals surface area contributed by atoms with Gasteiger partial charge in [0.2, 0.25) is 0 Å². The van der Waals surface area contributed by atoms with Crippen molar-refractivity contribution in [3.8, 4) is 0 Å². The highest BCUT2D eigenvalue weighted by atomic mass is 15.1. The molecule has 1 saturated heterocycles. The fourth-order valence-electron chi connectivity index (χ4n) is 3.76. The molecule has 0 aromatic carbocycles. The largest absolute Gasteiger partial charge is 0.314 e. The predicted molar refractivity (Wildman–Crippen MR) is 78.9 cm³/mol. The Balaban J connectivity index is 1.63. The Morgan fingerprint density at radius 1 is 1.11 bits per heavy atom. The van der Waals surface area contributed by atoms with Crippen molar-refractivity contribution in [1.82, 2.24) is 10.2 Å². The van der Waals surface area contributed by atoms with Crippen LogP contribution < -0.4 is 5.32 Å².